The number of aliphatic hydroxyl groups is 1. The molecule has 1 aromatic rings. The van der Waals surface area contributed by atoms with Crippen LogP contribution in [0.15, 0.2) is 24.3 Å². The number of rotatable bonds is 6. The monoisotopic (exact) mass is 278 g/mol. The molecule has 0 aromatic heterocycles. The molecular formula is C16H26N2O2. The first kappa shape index (κ1) is 15.3. The molecule has 0 amide bonds. The van der Waals surface area contributed by atoms with Crippen LogP contribution in [0.2, 0.25) is 0 Å². The van der Waals surface area contributed by atoms with E-state index in [1.807, 2.05) is 14.1 Å². The standard InChI is InChI=1S/C16H26N2O2/c1-18(2)15-5-3-14(4-6-15)11-17-12-16(13-19)7-9-20-10-8-16/h3-6,17,19H,7-13H2,1-2H3. The topological polar surface area (TPSA) is 44.7 Å². The van der Waals surface area contributed by atoms with Crippen molar-refractivity contribution < 1.29 is 9.84 Å². The zero-order chi connectivity index (χ0) is 14.4. The summed E-state index contributed by atoms with van der Waals surface area (Å²) in [5.41, 5.74) is 2.49. The van der Waals surface area contributed by atoms with E-state index >= 15 is 0 Å². The Morgan fingerprint density at radius 3 is 2.40 bits per heavy atom. The molecule has 20 heavy (non-hydrogen) atoms. The molecular weight excluding hydrogens is 252 g/mol. The molecule has 0 saturated carbocycles. The van der Waals surface area contributed by atoms with Crippen LogP contribution in [0.5, 0.6) is 0 Å². The smallest absolute Gasteiger partial charge is 0.0501 e. The highest BCUT2D eigenvalue weighted by Gasteiger charge is 2.31. The minimum absolute atomic E-state index is 0.00181. The predicted octanol–water partition coefficient (Wildman–Crippen LogP) is 1.63. The maximum absolute atomic E-state index is 9.64. The second kappa shape index (κ2) is 7.07. The third-order valence-electron chi connectivity index (χ3n) is 4.17. The van der Waals surface area contributed by atoms with Crippen LogP contribution < -0.4 is 10.2 Å². The highest BCUT2D eigenvalue weighted by Crippen LogP contribution is 2.29. The van der Waals surface area contributed by atoms with Gasteiger partial charge < -0.3 is 20.1 Å². The fourth-order valence-electron chi connectivity index (χ4n) is 2.58. The number of hydrogen-bond acceptors (Lipinski definition) is 4. The molecule has 1 aliphatic heterocycles. The van der Waals surface area contributed by atoms with Crippen LogP contribution in [0.3, 0.4) is 0 Å². The lowest BCUT2D eigenvalue weighted by Crippen LogP contribution is -2.41. The molecule has 1 aliphatic rings. The molecule has 4 heteroatoms. The Bertz CT molecular complexity index is 397. The van der Waals surface area contributed by atoms with Gasteiger partial charge in [-0.25, -0.2) is 0 Å². The normalized spacial score (nSPS) is 17.9. The van der Waals surface area contributed by atoms with E-state index in [2.05, 4.69) is 34.5 Å². The van der Waals surface area contributed by atoms with Crippen molar-refractivity contribution in [2.24, 2.45) is 5.41 Å². The summed E-state index contributed by atoms with van der Waals surface area (Å²) in [6.45, 7) is 3.46. The number of aliphatic hydroxyl groups excluding tert-OH is 1. The highest BCUT2D eigenvalue weighted by molar-refractivity contribution is 5.45. The van der Waals surface area contributed by atoms with Gasteiger partial charge >= 0.3 is 0 Å². The van der Waals surface area contributed by atoms with E-state index in [9.17, 15) is 5.11 Å². The number of anilines is 1. The Morgan fingerprint density at radius 2 is 1.85 bits per heavy atom. The third kappa shape index (κ3) is 3.95. The van der Waals surface area contributed by atoms with Gasteiger partial charge in [-0.2, -0.15) is 0 Å². The lowest BCUT2D eigenvalue weighted by Gasteiger charge is -2.35. The summed E-state index contributed by atoms with van der Waals surface area (Å²) in [4.78, 5) is 2.10. The molecule has 4 nitrogen and oxygen atoms in total. The second-order valence-electron chi connectivity index (χ2n) is 5.93. The fourth-order valence-corrected chi connectivity index (χ4v) is 2.58. The van der Waals surface area contributed by atoms with E-state index < -0.39 is 0 Å². The van der Waals surface area contributed by atoms with Crippen LogP contribution in [0.4, 0.5) is 5.69 Å². The molecule has 1 aromatic carbocycles. The summed E-state index contributed by atoms with van der Waals surface area (Å²) in [5.74, 6) is 0. The average Bonchev–Trinajstić information content (AvgIpc) is 2.49. The number of hydrogen-bond donors (Lipinski definition) is 2. The quantitative estimate of drug-likeness (QED) is 0.830. The van der Waals surface area contributed by atoms with Crippen LogP contribution in [0, 0.1) is 5.41 Å². The van der Waals surface area contributed by atoms with Crippen molar-refractivity contribution in [3.05, 3.63) is 29.8 Å². The zero-order valence-corrected chi connectivity index (χ0v) is 12.6. The number of nitrogens with zero attached hydrogens (tertiary/aromatic N) is 1. The van der Waals surface area contributed by atoms with Crippen molar-refractivity contribution in [1.82, 2.24) is 5.32 Å². The molecule has 0 radical (unpaired) electrons. The van der Waals surface area contributed by atoms with Gasteiger partial charge in [-0.05, 0) is 30.5 Å². The van der Waals surface area contributed by atoms with E-state index in [1.54, 1.807) is 0 Å². The molecule has 0 atom stereocenters. The van der Waals surface area contributed by atoms with E-state index in [4.69, 9.17) is 4.74 Å². The van der Waals surface area contributed by atoms with Crippen LogP contribution in [-0.2, 0) is 11.3 Å². The zero-order valence-electron chi connectivity index (χ0n) is 12.6. The Kier molecular flexibility index (Phi) is 5.40. The first-order valence-electron chi connectivity index (χ1n) is 7.31. The summed E-state index contributed by atoms with van der Waals surface area (Å²) in [6.07, 6.45) is 1.88. The van der Waals surface area contributed by atoms with Crippen LogP contribution in [0.1, 0.15) is 18.4 Å². The number of nitrogens with one attached hydrogen (secondary N) is 1. The van der Waals surface area contributed by atoms with Gasteiger partial charge in [0.25, 0.3) is 0 Å². The third-order valence-corrected chi connectivity index (χ3v) is 4.17. The Morgan fingerprint density at radius 1 is 1.20 bits per heavy atom. The van der Waals surface area contributed by atoms with Gasteiger partial charge in [0.2, 0.25) is 0 Å². The molecule has 1 heterocycles. The largest absolute Gasteiger partial charge is 0.396 e. The van der Waals surface area contributed by atoms with Gasteiger partial charge in [0.05, 0.1) is 6.61 Å². The van der Waals surface area contributed by atoms with E-state index in [1.165, 1.54) is 11.3 Å². The molecule has 1 saturated heterocycles. The maximum Gasteiger partial charge on any atom is 0.0501 e. The van der Waals surface area contributed by atoms with Crippen molar-refractivity contribution >= 4 is 5.69 Å². The maximum atomic E-state index is 9.64. The van der Waals surface area contributed by atoms with Crippen molar-refractivity contribution in [3.63, 3.8) is 0 Å². The minimum Gasteiger partial charge on any atom is -0.396 e. The summed E-state index contributed by atoms with van der Waals surface area (Å²) in [5, 5.41) is 13.1. The fraction of sp³-hybridized carbons (Fsp3) is 0.625. The molecule has 0 spiro atoms. The van der Waals surface area contributed by atoms with Gasteiger partial charge in [0.1, 0.15) is 0 Å². The number of benzene rings is 1. The minimum atomic E-state index is 0.00181. The summed E-state index contributed by atoms with van der Waals surface area (Å²) in [7, 11) is 4.09. The van der Waals surface area contributed by atoms with E-state index in [-0.39, 0.29) is 12.0 Å². The van der Waals surface area contributed by atoms with Gasteiger partial charge in [0, 0.05) is 51.5 Å². The summed E-state index contributed by atoms with van der Waals surface area (Å²) < 4.78 is 5.38. The Labute approximate surface area is 121 Å². The Hall–Kier alpha value is -1.10. The van der Waals surface area contributed by atoms with Gasteiger partial charge in [-0.1, -0.05) is 12.1 Å². The molecule has 0 aliphatic carbocycles. The lowest BCUT2D eigenvalue weighted by atomic mass is 9.81. The van der Waals surface area contributed by atoms with Crippen molar-refractivity contribution in [3.8, 4) is 0 Å². The predicted molar refractivity (Wildman–Crippen MR) is 82.0 cm³/mol. The van der Waals surface area contributed by atoms with Gasteiger partial charge in [0.15, 0.2) is 0 Å². The molecule has 0 bridgehead atoms. The lowest BCUT2D eigenvalue weighted by molar-refractivity contribution is -0.0154. The summed E-state index contributed by atoms with van der Waals surface area (Å²) >= 11 is 0. The molecule has 112 valence electrons. The van der Waals surface area contributed by atoms with E-state index in [0.29, 0.717) is 0 Å². The average molecular weight is 278 g/mol. The van der Waals surface area contributed by atoms with Gasteiger partial charge in [-0.15, -0.1) is 0 Å². The number of ether oxygens (including phenoxy) is 1. The van der Waals surface area contributed by atoms with Gasteiger partial charge in [-0.3, -0.25) is 0 Å². The van der Waals surface area contributed by atoms with Crippen LogP contribution in [-0.4, -0.2) is 45.6 Å². The summed E-state index contributed by atoms with van der Waals surface area (Å²) in [6, 6.07) is 8.57. The van der Waals surface area contributed by atoms with E-state index in [0.717, 1.165) is 39.1 Å². The Balaban J connectivity index is 1.82. The second-order valence-corrected chi connectivity index (χ2v) is 5.93. The molecule has 2 N–H and O–H groups in total. The molecule has 0 unspecified atom stereocenters. The first-order chi connectivity index (χ1) is 9.65. The molecule has 2 rings (SSSR count). The highest BCUT2D eigenvalue weighted by atomic mass is 16.5. The van der Waals surface area contributed by atoms with Crippen LogP contribution >= 0.6 is 0 Å². The molecule has 1 fully saturated rings. The van der Waals surface area contributed by atoms with Crippen LogP contribution in [0.25, 0.3) is 0 Å². The van der Waals surface area contributed by atoms with Crippen molar-refractivity contribution in [1.29, 1.82) is 0 Å². The SMILES string of the molecule is CN(C)c1ccc(CNCC2(CO)CCOCC2)cc1. The van der Waals surface area contributed by atoms with Crippen molar-refractivity contribution in [2.75, 3.05) is 45.4 Å². The van der Waals surface area contributed by atoms with Crippen molar-refractivity contribution in [2.45, 2.75) is 19.4 Å². The first-order valence-corrected chi connectivity index (χ1v) is 7.31.